The number of carbonyl (C=O) groups excluding carboxylic acids is 1. The molecule has 5 aromatic rings. The van der Waals surface area contributed by atoms with Crippen LogP contribution in [0.3, 0.4) is 0 Å². The van der Waals surface area contributed by atoms with Crippen molar-refractivity contribution in [3.8, 4) is 17.0 Å². The molecule has 0 fully saturated rings. The summed E-state index contributed by atoms with van der Waals surface area (Å²) in [5.41, 5.74) is 3.61. The number of hydrogen-bond donors (Lipinski definition) is 1. The Balaban J connectivity index is 1.67. The molecule has 1 N–H and O–H groups in total. The van der Waals surface area contributed by atoms with Crippen LogP contribution in [0, 0.1) is 0 Å². The molecule has 0 saturated carbocycles. The number of para-hydroxylation sites is 1. The smallest absolute Gasteiger partial charge is 0.323 e. The number of halogens is 1. The van der Waals surface area contributed by atoms with Crippen molar-refractivity contribution in [2.24, 2.45) is 0 Å². The predicted molar refractivity (Wildman–Crippen MR) is 121 cm³/mol. The summed E-state index contributed by atoms with van der Waals surface area (Å²) in [7, 11) is 0. The molecule has 0 saturated heterocycles. The van der Waals surface area contributed by atoms with Gasteiger partial charge in [0.25, 0.3) is 0 Å². The summed E-state index contributed by atoms with van der Waals surface area (Å²) < 4.78 is 8.53. The second kappa shape index (κ2) is 6.92. The quantitative estimate of drug-likeness (QED) is 0.283. The van der Waals surface area contributed by atoms with Gasteiger partial charge in [-0.3, -0.25) is 9.20 Å². The van der Waals surface area contributed by atoms with Gasteiger partial charge in [0.1, 0.15) is 17.8 Å². The van der Waals surface area contributed by atoms with Gasteiger partial charge in [-0.05, 0) is 24.3 Å². The number of fused-ring (bicyclic) bond motifs is 4. The van der Waals surface area contributed by atoms with Gasteiger partial charge >= 0.3 is 5.97 Å². The van der Waals surface area contributed by atoms with Crippen molar-refractivity contribution in [3.05, 3.63) is 89.1 Å². The van der Waals surface area contributed by atoms with Crippen LogP contribution in [0.4, 0.5) is 0 Å². The molecular formula is C24H15ClN2O3S. The summed E-state index contributed by atoms with van der Waals surface area (Å²) in [6.07, 6.45) is -1.05. The molecule has 7 heteroatoms. The summed E-state index contributed by atoms with van der Waals surface area (Å²) in [4.78, 5) is 18.8. The molecule has 2 unspecified atom stereocenters. The number of aliphatic hydroxyl groups is 1. The van der Waals surface area contributed by atoms with Crippen molar-refractivity contribution in [1.29, 1.82) is 0 Å². The van der Waals surface area contributed by atoms with Crippen LogP contribution in [-0.4, -0.2) is 20.5 Å². The molecule has 0 radical (unpaired) electrons. The van der Waals surface area contributed by atoms with Crippen LogP contribution in [0.15, 0.2) is 72.8 Å². The molecule has 3 heterocycles. The summed E-state index contributed by atoms with van der Waals surface area (Å²) in [5, 5.41) is 11.9. The first-order valence-electron chi connectivity index (χ1n) is 9.76. The summed E-state index contributed by atoms with van der Waals surface area (Å²) >= 11 is 7.69. The van der Waals surface area contributed by atoms with Gasteiger partial charge in [-0.1, -0.05) is 71.5 Å². The molecule has 3 aromatic carbocycles. The Labute approximate surface area is 186 Å². The van der Waals surface area contributed by atoms with Gasteiger partial charge in [0, 0.05) is 16.1 Å². The topological polar surface area (TPSA) is 63.8 Å². The number of esters is 1. The molecule has 1 aliphatic rings. The molecule has 0 aliphatic carbocycles. The second-order valence-electron chi connectivity index (χ2n) is 7.43. The third-order valence-electron chi connectivity index (χ3n) is 5.61. The molecule has 2 atom stereocenters. The number of benzene rings is 3. The van der Waals surface area contributed by atoms with E-state index in [9.17, 15) is 9.90 Å². The van der Waals surface area contributed by atoms with E-state index < -0.39 is 18.0 Å². The highest BCUT2D eigenvalue weighted by atomic mass is 35.5. The van der Waals surface area contributed by atoms with Gasteiger partial charge in [0.2, 0.25) is 0 Å². The van der Waals surface area contributed by atoms with Gasteiger partial charge in [0.15, 0.2) is 4.96 Å². The first kappa shape index (κ1) is 18.6. The van der Waals surface area contributed by atoms with E-state index in [-0.39, 0.29) is 0 Å². The third-order valence-corrected chi connectivity index (χ3v) is 6.84. The lowest BCUT2D eigenvalue weighted by atomic mass is 9.88. The van der Waals surface area contributed by atoms with Crippen LogP contribution in [0.2, 0.25) is 5.02 Å². The summed E-state index contributed by atoms with van der Waals surface area (Å²) in [5.74, 6) is -1.03. The normalized spacial score (nSPS) is 18.3. The van der Waals surface area contributed by atoms with Crippen molar-refractivity contribution in [2.75, 3.05) is 0 Å². The van der Waals surface area contributed by atoms with Crippen LogP contribution in [-0.2, 0) is 4.79 Å². The number of aromatic nitrogens is 2. The largest absolute Gasteiger partial charge is 0.426 e. The Morgan fingerprint density at radius 1 is 1.03 bits per heavy atom. The molecule has 2 aromatic heterocycles. The lowest BCUT2D eigenvalue weighted by molar-refractivity contribution is -0.141. The van der Waals surface area contributed by atoms with Crippen molar-refractivity contribution < 1.29 is 14.6 Å². The van der Waals surface area contributed by atoms with Gasteiger partial charge < -0.3 is 9.84 Å². The van der Waals surface area contributed by atoms with Crippen LogP contribution in [0.5, 0.6) is 5.75 Å². The zero-order valence-electron chi connectivity index (χ0n) is 16.0. The number of hydrogen-bond acceptors (Lipinski definition) is 5. The van der Waals surface area contributed by atoms with Gasteiger partial charge in [-0.2, -0.15) is 0 Å². The average Bonchev–Trinajstić information content (AvgIpc) is 3.30. The van der Waals surface area contributed by atoms with Crippen molar-refractivity contribution in [2.45, 2.75) is 12.0 Å². The number of imidazole rings is 1. The highest BCUT2D eigenvalue weighted by Crippen LogP contribution is 2.46. The van der Waals surface area contributed by atoms with Crippen LogP contribution in [0.25, 0.3) is 26.4 Å². The van der Waals surface area contributed by atoms with Crippen LogP contribution in [0.1, 0.15) is 23.3 Å². The van der Waals surface area contributed by atoms with Gasteiger partial charge in [0.05, 0.1) is 21.6 Å². The third kappa shape index (κ3) is 2.80. The van der Waals surface area contributed by atoms with E-state index in [0.29, 0.717) is 27.7 Å². The zero-order valence-corrected chi connectivity index (χ0v) is 17.6. The number of carbonyl (C=O) groups is 1. The number of aliphatic hydroxyl groups excluding tert-OH is 1. The monoisotopic (exact) mass is 446 g/mol. The van der Waals surface area contributed by atoms with Crippen LogP contribution >= 0.6 is 22.9 Å². The fourth-order valence-electron chi connectivity index (χ4n) is 4.22. The number of thiazole rings is 1. The highest BCUT2D eigenvalue weighted by molar-refractivity contribution is 7.23. The Kier molecular flexibility index (Phi) is 4.14. The van der Waals surface area contributed by atoms with Crippen molar-refractivity contribution >= 4 is 44.1 Å². The minimum Gasteiger partial charge on any atom is -0.426 e. The lowest BCUT2D eigenvalue weighted by Crippen LogP contribution is -2.31. The van der Waals surface area contributed by atoms with E-state index in [1.165, 1.54) is 11.3 Å². The predicted octanol–water partition coefficient (Wildman–Crippen LogP) is 5.61. The number of ether oxygens (including phenoxy) is 1. The van der Waals surface area contributed by atoms with E-state index >= 15 is 0 Å². The number of rotatable bonds is 2. The second-order valence-corrected chi connectivity index (χ2v) is 8.87. The Morgan fingerprint density at radius 3 is 2.65 bits per heavy atom. The van der Waals surface area contributed by atoms with Crippen molar-refractivity contribution in [3.63, 3.8) is 0 Å². The average molecular weight is 447 g/mol. The minimum absolute atomic E-state index is 0.389. The highest BCUT2D eigenvalue weighted by Gasteiger charge is 2.42. The Hall–Kier alpha value is -3.19. The molecule has 6 rings (SSSR count). The van der Waals surface area contributed by atoms with Crippen molar-refractivity contribution in [1.82, 2.24) is 9.38 Å². The van der Waals surface area contributed by atoms with E-state index in [2.05, 4.69) is 0 Å². The first-order valence-corrected chi connectivity index (χ1v) is 11.0. The van der Waals surface area contributed by atoms with E-state index in [4.69, 9.17) is 21.3 Å². The maximum Gasteiger partial charge on any atom is 0.323 e. The molecule has 5 nitrogen and oxygen atoms in total. The molecule has 31 heavy (non-hydrogen) atoms. The lowest BCUT2D eigenvalue weighted by Gasteiger charge is -2.28. The molecule has 152 valence electrons. The Morgan fingerprint density at radius 2 is 1.81 bits per heavy atom. The number of nitrogens with zero attached hydrogens (tertiary/aromatic N) is 2. The first-order chi connectivity index (χ1) is 15.1. The molecule has 0 spiro atoms. The molecule has 0 bridgehead atoms. The minimum atomic E-state index is -1.05. The summed E-state index contributed by atoms with van der Waals surface area (Å²) in [6, 6.07) is 22.4. The molecule has 0 amide bonds. The SMILES string of the molecule is O=C1Oc2ccccc2C(O)C1c1c(-c2ccccc2)nc2sc3cc(Cl)ccc3n12. The van der Waals surface area contributed by atoms with E-state index in [1.807, 2.05) is 59.0 Å². The fraction of sp³-hybridized carbons (Fsp3) is 0.0833. The van der Waals surface area contributed by atoms with E-state index in [1.54, 1.807) is 18.2 Å². The standard InChI is InChI=1S/C24H15ClN2O3S/c25-14-10-11-16-18(12-14)31-24-26-20(13-6-2-1-3-7-13)21(27(16)24)19-22(28)15-8-4-5-9-17(15)30-23(19)29/h1-12,19,22,28H. The molecular weight excluding hydrogens is 432 g/mol. The van der Waals surface area contributed by atoms with Gasteiger partial charge in [-0.15, -0.1) is 0 Å². The van der Waals surface area contributed by atoms with E-state index in [0.717, 1.165) is 20.7 Å². The zero-order chi connectivity index (χ0) is 21.1. The Bertz CT molecular complexity index is 1470. The fourth-order valence-corrected chi connectivity index (χ4v) is 5.53. The maximum absolute atomic E-state index is 13.2. The molecule has 1 aliphatic heterocycles. The van der Waals surface area contributed by atoms with Gasteiger partial charge in [-0.25, -0.2) is 4.98 Å². The summed E-state index contributed by atoms with van der Waals surface area (Å²) in [6.45, 7) is 0. The maximum atomic E-state index is 13.2. The van der Waals surface area contributed by atoms with Crippen LogP contribution < -0.4 is 4.74 Å².